The van der Waals surface area contributed by atoms with Crippen molar-refractivity contribution < 1.29 is 14.3 Å². The molecule has 8 nitrogen and oxygen atoms in total. The topological polar surface area (TPSA) is 85.7 Å². The molecule has 3 heterocycles. The molecule has 0 atom stereocenters. The highest BCUT2D eigenvalue weighted by Crippen LogP contribution is 2.33. The van der Waals surface area contributed by atoms with Crippen LogP contribution in [0.2, 0.25) is 0 Å². The molecule has 3 aromatic rings. The number of hydrogen-bond donors (Lipinski definition) is 1. The molecular formula is C26H28N4O4. The number of carbonyl (C=O) groups is 1. The second-order valence-electron chi connectivity index (χ2n) is 8.57. The van der Waals surface area contributed by atoms with Gasteiger partial charge in [0, 0.05) is 36.8 Å². The molecular weight excluding hydrogens is 432 g/mol. The van der Waals surface area contributed by atoms with Crippen LogP contribution in [-0.2, 0) is 11.2 Å². The van der Waals surface area contributed by atoms with Gasteiger partial charge in [0.15, 0.2) is 11.5 Å². The van der Waals surface area contributed by atoms with Crippen LogP contribution in [-0.4, -0.2) is 42.0 Å². The first-order valence-corrected chi connectivity index (χ1v) is 11.8. The molecule has 5 rings (SSSR count). The number of nitrogens with zero attached hydrogens (tertiary/aromatic N) is 3. The lowest BCUT2D eigenvalue weighted by Crippen LogP contribution is -2.39. The number of ether oxygens (including phenoxy) is 2. The van der Waals surface area contributed by atoms with Crippen LogP contribution in [0.4, 0.5) is 11.5 Å². The summed E-state index contributed by atoms with van der Waals surface area (Å²) in [6.07, 6.45) is 2.37. The summed E-state index contributed by atoms with van der Waals surface area (Å²) in [4.78, 5) is 27.4. The van der Waals surface area contributed by atoms with E-state index in [2.05, 4.69) is 22.2 Å². The lowest BCUT2D eigenvalue weighted by molar-refractivity contribution is -0.120. The van der Waals surface area contributed by atoms with Gasteiger partial charge in [-0.25, -0.2) is 0 Å². The molecule has 0 saturated carbocycles. The van der Waals surface area contributed by atoms with E-state index in [4.69, 9.17) is 9.47 Å². The molecule has 1 saturated heterocycles. The Morgan fingerprint density at radius 3 is 2.47 bits per heavy atom. The third kappa shape index (κ3) is 4.62. The van der Waals surface area contributed by atoms with E-state index < -0.39 is 0 Å². The summed E-state index contributed by atoms with van der Waals surface area (Å²) in [5.41, 5.74) is 2.50. The summed E-state index contributed by atoms with van der Waals surface area (Å²) in [5.74, 6) is 2.02. The zero-order chi connectivity index (χ0) is 23.5. The number of fused-ring (bicyclic) bond motifs is 1. The van der Waals surface area contributed by atoms with Crippen molar-refractivity contribution in [3.63, 3.8) is 0 Å². The predicted octanol–water partition coefficient (Wildman–Crippen LogP) is 3.42. The molecule has 2 aromatic carbocycles. The van der Waals surface area contributed by atoms with E-state index in [1.54, 1.807) is 12.1 Å². The van der Waals surface area contributed by atoms with E-state index in [0.29, 0.717) is 56.3 Å². The molecule has 2 aliphatic heterocycles. The van der Waals surface area contributed by atoms with E-state index in [1.165, 1.54) is 10.2 Å². The summed E-state index contributed by atoms with van der Waals surface area (Å²) in [5, 5.41) is 7.61. The van der Waals surface area contributed by atoms with Crippen molar-refractivity contribution in [2.75, 3.05) is 36.5 Å². The van der Waals surface area contributed by atoms with E-state index in [9.17, 15) is 9.59 Å². The molecule has 8 heteroatoms. The number of nitrogens with one attached hydrogen (secondary N) is 1. The summed E-state index contributed by atoms with van der Waals surface area (Å²) in [7, 11) is 0. The highest BCUT2D eigenvalue weighted by molar-refractivity contribution is 5.93. The fraction of sp³-hybridized carbons (Fsp3) is 0.346. The summed E-state index contributed by atoms with van der Waals surface area (Å²) in [6.45, 7) is 4.53. The molecule has 0 aliphatic carbocycles. The highest BCUT2D eigenvalue weighted by atomic mass is 16.6. The predicted molar refractivity (Wildman–Crippen MR) is 130 cm³/mol. The second-order valence-corrected chi connectivity index (χ2v) is 8.57. The average molecular weight is 461 g/mol. The van der Waals surface area contributed by atoms with Crippen molar-refractivity contribution in [2.45, 2.75) is 26.2 Å². The largest absolute Gasteiger partial charge is 0.486 e. The van der Waals surface area contributed by atoms with Gasteiger partial charge in [0.1, 0.15) is 19.0 Å². The number of carbonyl (C=O) groups excluding carboxylic acids is 1. The quantitative estimate of drug-likeness (QED) is 0.628. The standard InChI is InChI=1S/C26H28N4O4/c1-2-18-3-6-21(7-4-18)30-25(31)10-9-24(28-30)29-13-11-19(12-14-29)26(32)27-20-5-8-22-23(17-20)34-16-15-33-22/h3-10,17,19H,2,11-16H2,1H3,(H,27,32). The molecule has 1 aromatic heterocycles. The molecule has 0 unspecified atom stereocenters. The Bertz CT molecular complexity index is 1230. The van der Waals surface area contributed by atoms with Gasteiger partial charge in [-0.1, -0.05) is 19.1 Å². The molecule has 0 radical (unpaired) electrons. The third-order valence-electron chi connectivity index (χ3n) is 6.37. The molecule has 0 spiro atoms. The summed E-state index contributed by atoms with van der Waals surface area (Å²) in [6, 6.07) is 16.7. The van der Waals surface area contributed by atoms with Gasteiger partial charge in [0.05, 0.1) is 5.69 Å². The Morgan fingerprint density at radius 2 is 1.74 bits per heavy atom. The third-order valence-corrected chi connectivity index (χ3v) is 6.37. The molecule has 1 amide bonds. The fourth-order valence-electron chi connectivity index (χ4n) is 4.36. The molecule has 1 fully saturated rings. The van der Waals surface area contributed by atoms with Crippen LogP contribution in [0, 0.1) is 5.92 Å². The normalized spacial score (nSPS) is 15.7. The Labute approximate surface area is 198 Å². The number of piperidine rings is 1. The monoisotopic (exact) mass is 460 g/mol. The van der Waals surface area contributed by atoms with Crippen molar-refractivity contribution in [1.82, 2.24) is 9.78 Å². The Morgan fingerprint density at radius 1 is 1.00 bits per heavy atom. The lowest BCUT2D eigenvalue weighted by atomic mass is 9.96. The first-order valence-electron chi connectivity index (χ1n) is 11.8. The zero-order valence-electron chi connectivity index (χ0n) is 19.2. The van der Waals surface area contributed by atoms with Crippen molar-refractivity contribution in [2.24, 2.45) is 5.92 Å². The molecule has 0 bridgehead atoms. The van der Waals surface area contributed by atoms with Crippen LogP contribution >= 0.6 is 0 Å². The van der Waals surface area contributed by atoms with Crippen molar-refractivity contribution in [1.29, 1.82) is 0 Å². The average Bonchev–Trinajstić information content (AvgIpc) is 2.89. The molecule has 1 N–H and O–H groups in total. The van der Waals surface area contributed by atoms with Crippen molar-refractivity contribution in [3.05, 3.63) is 70.5 Å². The molecule has 2 aliphatic rings. The van der Waals surface area contributed by atoms with Crippen LogP contribution < -0.4 is 25.2 Å². The Kier molecular flexibility index (Phi) is 6.20. The van der Waals surface area contributed by atoms with Gasteiger partial charge in [-0.3, -0.25) is 9.59 Å². The maximum atomic E-state index is 12.9. The van der Waals surface area contributed by atoms with Crippen LogP contribution in [0.25, 0.3) is 5.69 Å². The van der Waals surface area contributed by atoms with Gasteiger partial charge in [0.25, 0.3) is 5.56 Å². The van der Waals surface area contributed by atoms with Crippen molar-refractivity contribution >= 4 is 17.4 Å². The number of hydrogen-bond acceptors (Lipinski definition) is 6. The van der Waals surface area contributed by atoms with Crippen molar-refractivity contribution in [3.8, 4) is 17.2 Å². The van der Waals surface area contributed by atoms with Crippen LogP contribution in [0.15, 0.2) is 59.4 Å². The van der Waals surface area contributed by atoms with Crippen LogP contribution in [0.3, 0.4) is 0 Å². The minimum atomic E-state index is -0.165. The van der Waals surface area contributed by atoms with Gasteiger partial charge in [-0.15, -0.1) is 5.10 Å². The highest BCUT2D eigenvalue weighted by Gasteiger charge is 2.26. The number of rotatable bonds is 5. The number of amides is 1. The number of anilines is 2. The number of aryl methyl sites for hydroxylation is 1. The van der Waals surface area contributed by atoms with Gasteiger partial charge in [-0.05, 0) is 55.2 Å². The summed E-state index contributed by atoms with van der Waals surface area (Å²) >= 11 is 0. The Hall–Kier alpha value is -3.81. The lowest BCUT2D eigenvalue weighted by Gasteiger charge is -2.32. The molecule has 176 valence electrons. The number of aromatic nitrogens is 2. The zero-order valence-corrected chi connectivity index (χ0v) is 19.2. The van der Waals surface area contributed by atoms with E-state index in [0.717, 1.165) is 17.9 Å². The Balaban J connectivity index is 1.22. The van der Waals surface area contributed by atoms with Gasteiger partial charge < -0.3 is 19.7 Å². The minimum Gasteiger partial charge on any atom is -0.486 e. The van der Waals surface area contributed by atoms with Crippen LogP contribution in [0.1, 0.15) is 25.3 Å². The van der Waals surface area contributed by atoms with E-state index in [1.807, 2.05) is 42.5 Å². The van der Waals surface area contributed by atoms with E-state index >= 15 is 0 Å². The van der Waals surface area contributed by atoms with Gasteiger partial charge in [0.2, 0.25) is 5.91 Å². The maximum Gasteiger partial charge on any atom is 0.271 e. The maximum absolute atomic E-state index is 12.9. The first-order chi connectivity index (χ1) is 16.6. The minimum absolute atomic E-state index is 0.00488. The smallest absolute Gasteiger partial charge is 0.271 e. The van der Waals surface area contributed by atoms with Gasteiger partial charge >= 0.3 is 0 Å². The molecule has 34 heavy (non-hydrogen) atoms. The van der Waals surface area contributed by atoms with Crippen LogP contribution in [0.5, 0.6) is 11.5 Å². The summed E-state index contributed by atoms with van der Waals surface area (Å²) < 4.78 is 12.6. The first kappa shape index (κ1) is 22.0. The SMILES string of the molecule is CCc1ccc(-n2nc(N3CCC(C(=O)Nc4ccc5c(c4)OCCO5)CC3)ccc2=O)cc1. The van der Waals surface area contributed by atoms with E-state index in [-0.39, 0.29) is 17.4 Å². The van der Waals surface area contributed by atoms with Gasteiger partial charge in [-0.2, -0.15) is 4.68 Å². The fourth-order valence-corrected chi connectivity index (χ4v) is 4.36. The second kappa shape index (κ2) is 9.59. The number of benzene rings is 2.